The van der Waals surface area contributed by atoms with E-state index in [1.165, 1.54) is 29.8 Å². The minimum atomic E-state index is -5.09. The highest BCUT2D eigenvalue weighted by molar-refractivity contribution is 5.91. The van der Waals surface area contributed by atoms with Crippen LogP contribution in [0, 0.1) is 11.8 Å². The zero-order valence-corrected chi connectivity index (χ0v) is 22.6. The van der Waals surface area contributed by atoms with E-state index in [-0.39, 0.29) is 23.8 Å². The molecule has 0 saturated carbocycles. The molecular formula is C30H37F3O5. The number of allylic oxidation sites excluding steroid dienone is 3. The molecule has 1 aliphatic carbocycles. The molecule has 2 bridgehead atoms. The van der Waals surface area contributed by atoms with Crippen LogP contribution < -0.4 is 0 Å². The van der Waals surface area contributed by atoms with Crippen molar-refractivity contribution in [3.05, 3.63) is 70.8 Å². The van der Waals surface area contributed by atoms with Crippen LogP contribution in [0.25, 0.3) is 0 Å². The number of esters is 2. The van der Waals surface area contributed by atoms with Gasteiger partial charge in [0.15, 0.2) is 0 Å². The van der Waals surface area contributed by atoms with Crippen LogP contribution in [-0.4, -0.2) is 37.4 Å². The summed E-state index contributed by atoms with van der Waals surface area (Å²) in [4.78, 5) is 26.1. The summed E-state index contributed by atoms with van der Waals surface area (Å²) in [6.07, 6.45) is 1.89. The van der Waals surface area contributed by atoms with Crippen molar-refractivity contribution in [2.75, 3.05) is 7.11 Å². The summed E-state index contributed by atoms with van der Waals surface area (Å²) in [7, 11) is 0.832. The summed E-state index contributed by atoms with van der Waals surface area (Å²) in [5.41, 5.74) is -1.34. The molecule has 0 unspecified atom stereocenters. The lowest BCUT2D eigenvalue weighted by molar-refractivity contribution is -0.277. The van der Waals surface area contributed by atoms with Crippen molar-refractivity contribution < 1.29 is 37.0 Å². The number of carbonyl (C=O) groups excluding carboxylic acids is 2. The molecule has 1 heterocycles. The van der Waals surface area contributed by atoms with Crippen molar-refractivity contribution in [3.63, 3.8) is 0 Å². The third-order valence-corrected chi connectivity index (χ3v) is 7.38. The van der Waals surface area contributed by atoms with Gasteiger partial charge in [0.05, 0.1) is 0 Å². The lowest BCUT2D eigenvalue weighted by atomic mass is 9.84. The second-order valence-electron chi connectivity index (χ2n) is 10.5. The molecule has 8 heteroatoms. The third-order valence-electron chi connectivity index (χ3n) is 7.38. The lowest BCUT2D eigenvalue weighted by Crippen LogP contribution is -2.52. The number of hydrogen-bond donors (Lipinski definition) is 0. The fourth-order valence-electron chi connectivity index (χ4n) is 5.14. The molecule has 0 radical (unpaired) electrons. The molecule has 2 aliphatic rings. The van der Waals surface area contributed by atoms with Gasteiger partial charge in [0.1, 0.15) is 12.2 Å². The fraction of sp³-hybridized carbons (Fsp3) is 0.533. The molecule has 5 nitrogen and oxygen atoms in total. The van der Waals surface area contributed by atoms with Crippen LogP contribution >= 0.6 is 0 Å². The van der Waals surface area contributed by atoms with E-state index in [0.717, 1.165) is 31.9 Å². The predicted octanol–water partition coefficient (Wildman–Crippen LogP) is 6.98. The van der Waals surface area contributed by atoms with Gasteiger partial charge in [-0.25, -0.2) is 9.59 Å². The van der Waals surface area contributed by atoms with E-state index in [0.29, 0.717) is 12.0 Å². The quantitative estimate of drug-likeness (QED) is 0.301. The standard InChI is InChI=1S/C30H37F3O5/c1-19(2)25-15-14-20(3)10-9-11-21(4)16-24(17-22-18-26(25)38-27(22)34)37-28(35)29(36-5,30(31,32)33)23-12-7-6-8-13-23/h6-8,10,12-13,16,18-19,24-26H,9,11,14-15,17H2,1-5H3/b20-10-,21-16-/t24-,25-,26+,29+/m0/s1. The first-order valence-electron chi connectivity index (χ1n) is 13.0. The number of methoxy groups -OCH3 is 1. The van der Waals surface area contributed by atoms with Crippen LogP contribution in [-0.2, 0) is 29.4 Å². The van der Waals surface area contributed by atoms with Gasteiger partial charge in [-0.2, -0.15) is 13.2 Å². The van der Waals surface area contributed by atoms with E-state index in [2.05, 4.69) is 26.8 Å². The molecule has 208 valence electrons. The van der Waals surface area contributed by atoms with Gasteiger partial charge < -0.3 is 14.2 Å². The van der Waals surface area contributed by atoms with Gasteiger partial charge in [0, 0.05) is 30.6 Å². The monoisotopic (exact) mass is 534 g/mol. The van der Waals surface area contributed by atoms with Gasteiger partial charge >= 0.3 is 18.1 Å². The van der Waals surface area contributed by atoms with Crippen molar-refractivity contribution in [1.29, 1.82) is 0 Å². The second kappa shape index (κ2) is 12.3. The average molecular weight is 535 g/mol. The van der Waals surface area contributed by atoms with Gasteiger partial charge in [0.2, 0.25) is 0 Å². The zero-order valence-electron chi connectivity index (χ0n) is 22.6. The summed E-state index contributed by atoms with van der Waals surface area (Å²) >= 11 is 0. The van der Waals surface area contributed by atoms with Crippen molar-refractivity contribution >= 4 is 11.9 Å². The van der Waals surface area contributed by atoms with Crippen molar-refractivity contribution in [2.24, 2.45) is 11.8 Å². The molecule has 3 rings (SSSR count). The van der Waals surface area contributed by atoms with E-state index in [4.69, 9.17) is 14.2 Å². The van der Waals surface area contributed by atoms with Gasteiger partial charge in [-0.3, -0.25) is 0 Å². The Morgan fingerprint density at radius 1 is 1.05 bits per heavy atom. The van der Waals surface area contributed by atoms with Crippen molar-refractivity contribution in [1.82, 2.24) is 0 Å². The first-order chi connectivity index (χ1) is 17.9. The van der Waals surface area contributed by atoms with E-state index in [9.17, 15) is 22.8 Å². The number of halogens is 3. The zero-order chi connectivity index (χ0) is 28.1. The highest BCUT2D eigenvalue weighted by Crippen LogP contribution is 2.43. The van der Waals surface area contributed by atoms with Gasteiger partial charge in [-0.1, -0.05) is 61.4 Å². The number of hydrogen-bond acceptors (Lipinski definition) is 5. The molecule has 0 amide bonds. The van der Waals surface area contributed by atoms with E-state index < -0.39 is 35.9 Å². The Hall–Kier alpha value is -2.87. The Kier molecular flexibility index (Phi) is 9.63. The Morgan fingerprint density at radius 2 is 1.74 bits per heavy atom. The van der Waals surface area contributed by atoms with Crippen LogP contribution in [0.2, 0.25) is 0 Å². The van der Waals surface area contributed by atoms with E-state index >= 15 is 0 Å². The molecule has 0 aromatic heterocycles. The Labute approximate surface area is 222 Å². The van der Waals surface area contributed by atoms with Gasteiger partial charge in [-0.05, 0) is 57.6 Å². The number of benzene rings is 1. The molecule has 1 aromatic carbocycles. The maximum atomic E-state index is 14.4. The molecule has 38 heavy (non-hydrogen) atoms. The fourth-order valence-corrected chi connectivity index (χ4v) is 5.14. The average Bonchev–Trinajstić information content (AvgIpc) is 3.18. The Bertz CT molecular complexity index is 1090. The molecule has 0 saturated heterocycles. The van der Waals surface area contributed by atoms with Crippen molar-refractivity contribution in [2.45, 2.75) is 83.8 Å². The second-order valence-corrected chi connectivity index (χ2v) is 10.5. The normalized spacial score (nSPS) is 27.7. The van der Waals surface area contributed by atoms with Crippen LogP contribution in [0.4, 0.5) is 13.2 Å². The maximum absolute atomic E-state index is 14.4. The largest absolute Gasteiger partial charge is 0.455 e. The smallest absolute Gasteiger partial charge is 0.432 e. The highest BCUT2D eigenvalue weighted by atomic mass is 19.4. The summed E-state index contributed by atoms with van der Waals surface area (Å²) in [5.74, 6) is -1.79. The molecular weight excluding hydrogens is 497 g/mol. The third kappa shape index (κ3) is 6.57. The first kappa shape index (κ1) is 29.7. The number of carbonyl (C=O) groups is 2. The minimum Gasteiger partial charge on any atom is -0.455 e. The number of rotatable bonds is 5. The number of ether oxygens (including phenoxy) is 3. The van der Waals surface area contributed by atoms with E-state index in [1.807, 2.05) is 6.92 Å². The molecule has 4 atom stereocenters. The molecule has 1 aromatic rings. The van der Waals surface area contributed by atoms with Gasteiger partial charge in [-0.15, -0.1) is 0 Å². The SMILES string of the molecule is CO[C@@](C(=O)O[C@H]1/C=C(/C)CC/C=C(/C)CC[C@@H](C(C)C)[C@H]2C=C(C1)C(=O)O2)(c1ccccc1)C(F)(F)F. The van der Waals surface area contributed by atoms with Crippen molar-refractivity contribution in [3.8, 4) is 0 Å². The molecule has 0 fully saturated rings. The van der Waals surface area contributed by atoms with Crippen LogP contribution in [0.3, 0.4) is 0 Å². The topological polar surface area (TPSA) is 61.8 Å². The summed E-state index contributed by atoms with van der Waals surface area (Å²) < 4.78 is 59.4. The molecule has 0 spiro atoms. The minimum absolute atomic E-state index is 0.0884. The molecule has 1 aliphatic heterocycles. The van der Waals surface area contributed by atoms with Crippen LogP contribution in [0.1, 0.15) is 65.4 Å². The van der Waals surface area contributed by atoms with Crippen LogP contribution in [0.5, 0.6) is 0 Å². The first-order valence-corrected chi connectivity index (χ1v) is 13.0. The summed E-state index contributed by atoms with van der Waals surface area (Å²) in [6.45, 7) is 8.06. The lowest BCUT2D eigenvalue weighted by Gasteiger charge is -2.33. The van der Waals surface area contributed by atoms with Gasteiger partial charge in [0.25, 0.3) is 5.60 Å². The number of fused-ring (bicyclic) bond motifs is 1. The van der Waals surface area contributed by atoms with Crippen LogP contribution in [0.15, 0.2) is 65.3 Å². The summed E-state index contributed by atoms with van der Waals surface area (Å²) in [6, 6.07) is 6.69. The Balaban J connectivity index is 2.01. The number of alkyl halides is 3. The Morgan fingerprint density at radius 3 is 2.34 bits per heavy atom. The highest BCUT2D eigenvalue weighted by Gasteiger charge is 2.64. The molecule has 0 N–H and O–H groups in total. The maximum Gasteiger partial charge on any atom is 0.432 e. The summed E-state index contributed by atoms with van der Waals surface area (Å²) in [5, 5.41) is 0. The van der Waals surface area contributed by atoms with E-state index in [1.54, 1.807) is 18.2 Å². The predicted molar refractivity (Wildman–Crippen MR) is 138 cm³/mol.